The first-order valence-electron chi connectivity index (χ1n) is 8.23. The Kier molecular flexibility index (Phi) is 5.53. The van der Waals surface area contributed by atoms with Crippen molar-refractivity contribution in [1.82, 2.24) is 0 Å². The molecule has 18 heavy (non-hydrogen) atoms. The van der Waals surface area contributed by atoms with Gasteiger partial charge in [-0.05, 0) is 49.9 Å². The topological polar surface area (TPSA) is 0 Å². The Balaban J connectivity index is 2.16. The monoisotopic (exact) mass is 246 g/mol. The molecular formula is C18H30. The lowest BCUT2D eigenvalue weighted by Gasteiger charge is -2.19. The number of hydrogen-bond donors (Lipinski definition) is 0. The molecule has 0 bridgehead atoms. The van der Waals surface area contributed by atoms with Gasteiger partial charge in [-0.2, -0.15) is 0 Å². The van der Waals surface area contributed by atoms with Gasteiger partial charge in [0.15, 0.2) is 0 Å². The van der Waals surface area contributed by atoms with Crippen LogP contribution in [0.5, 0.6) is 0 Å². The summed E-state index contributed by atoms with van der Waals surface area (Å²) in [6.45, 7) is 4.76. The Labute approximate surface area is 114 Å². The standard InChI is InChI=1S/C18H30/c1-3-15-14-16(4-2)18-13-11-9-7-5-6-8-10-12-17(15)18/h8,10,12,15-16,18H,3-7,9,11,13-14H2,1-2H3/b10-8+,17-12-. The molecule has 3 atom stereocenters. The Hall–Kier alpha value is -0.520. The zero-order valence-corrected chi connectivity index (χ0v) is 12.3. The van der Waals surface area contributed by atoms with Gasteiger partial charge in [-0.15, -0.1) is 0 Å². The van der Waals surface area contributed by atoms with Gasteiger partial charge >= 0.3 is 0 Å². The molecule has 0 aromatic carbocycles. The van der Waals surface area contributed by atoms with E-state index in [9.17, 15) is 0 Å². The zero-order valence-electron chi connectivity index (χ0n) is 12.3. The second kappa shape index (κ2) is 7.16. The van der Waals surface area contributed by atoms with E-state index in [-0.39, 0.29) is 0 Å². The van der Waals surface area contributed by atoms with Crippen LogP contribution in [0.4, 0.5) is 0 Å². The van der Waals surface area contributed by atoms with Gasteiger partial charge in [0.05, 0.1) is 0 Å². The van der Waals surface area contributed by atoms with Gasteiger partial charge in [-0.1, -0.05) is 63.3 Å². The molecule has 0 aromatic heterocycles. The molecule has 0 spiro atoms. The summed E-state index contributed by atoms with van der Waals surface area (Å²) in [5.74, 6) is 2.75. The summed E-state index contributed by atoms with van der Waals surface area (Å²) in [4.78, 5) is 0. The molecule has 102 valence electrons. The second-order valence-electron chi connectivity index (χ2n) is 6.20. The summed E-state index contributed by atoms with van der Waals surface area (Å²) < 4.78 is 0. The van der Waals surface area contributed by atoms with E-state index in [1.165, 1.54) is 57.8 Å². The van der Waals surface area contributed by atoms with Crippen LogP contribution in [0.25, 0.3) is 0 Å². The SMILES string of the molecule is CCC1CC(CC)C2CCCCCC/C=C/C=C/12. The van der Waals surface area contributed by atoms with Crippen molar-refractivity contribution >= 4 is 0 Å². The predicted octanol–water partition coefficient (Wildman–Crippen LogP) is 5.90. The van der Waals surface area contributed by atoms with Crippen molar-refractivity contribution < 1.29 is 0 Å². The molecule has 2 aliphatic carbocycles. The minimum Gasteiger partial charge on any atom is -0.0845 e. The van der Waals surface area contributed by atoms with Crippen LogP contribution in [-0.4, -0.2) is 0 Å². The fraction of sp³-hybridized carbons (Fsp3) is 0.778. The minimum atomic E-state index is 0.880. The smallest absolute Gasteiger partial charge is 0.0169 e. The molecule has 2 rings (SSSR count). The van der Waals surface area contributed by atoms with E-state index >= 15 is 0 Å². The molecule has 0 N–H and O–H groups in total. The Morgan fingerprint density at radius 3 is 2.67 bits per heavy atom. The highest BCUT2D eigenvalue weighted by molar-refractivity contribution is 5.23. The highest BCUT2D eigenvalue weighted by atomic mass is 14.4. The van der Waals surface area contributed by atoms with E-state index < -0.39 is 0 Å². The van der Waals surface area contributed by atoms with Crippen molar-refractivity contribution in [3.8, 4) is 0 Å². The summed E-state index contributed by atoms with van der Waals surface area (Å²) >= 11 is 0. The maximum Gasteiger partial charge on any atom is -0.0169 e. The lowest BCUT2D eigenvalue weighted by Crippen LogP contribution is -2.08. The Bertz CT molecular complexity index is 297. The number of allylic oxidation sites excluding steroid dienone is 4. The molecule has 3 unspecified atom stereocenters. The van der Waals surface area contributed by atoms with E-state index in [0.717, 1.165) is 17.8 Å². The van der Waals surface area contributed by atoms with Gasteiger partial charge in [-0.25, -0.2) is 0 Å². The Morgan fingerprint density at radius 2 is 1.89 bits per heavy atom. The van der Waals surface area contributed by atoms with Crippen LogP contribution in [0.15, 0.2) is 23.8 Å². The van der Waals surface area contributed by atoms with Crippen LogP contribution in [0.2, 0.25) is 0 Å². The van der Waals surface area contributed by atoms with Gasteiger partial charge in [0.25, 0.3) is 0 Å². The van der Waals surface area contributed by atoms with Crippen LogP contribution < -0.4 is 0 Å². The zero-order chi connectivity index (χ0) is 12.8. The number of rotatable bonds is 2. The van der Waals surface area contributed by atoms with E-state index in [1.54, 1.807) is 5.57 Å². The summed E-state index contributed by atoms with van der Waals surface area (Å²) in [6, 6.07) is 0. The molecule has 1 fully saturated rings. The van der Waals surface area contributed by atoms with Crippen LogP contribution in [-0.2, 0) is 0 Å². The molecule has 0 amide bonds. The van der Waals surface area contributed by atoms with Crippen LogP contribution in [0.1, 0.15) is 71.6 Å². The van der Waals surface area contributed by atoms with Crippen LogP contribution in [0, 0.1) is 17.8 Å². The quantitative estimate of drug-likeness (QED) is 0.569. The van der Waals surface area contributed by atoms with Crippen molar-refractivity contribution in [3.63, 3.8) is 0 Å². The molecule has 2 aliphatic rings. The highest BCUT2D eigenvalue weighted by Gasteiger charge is 2.35. The molecule has 0 saturated heterocycles. The molecule has 0 radical (unpaired) electrons. The van der Waals surface area contributed by atoms with Gasteiger partial charge in [0.2, 0.25) is 0 Å². The fourth-order valence-corrected chi connectivity index (χ4v) is 4.01. The van der Waals surface area contributed by atoms with Gasteiger partial charge in [0, 0.05) is 0 Å². The number of fused-ring (bicyclic) bond motifs is 1. The van der Waals surface area contributed by atoms with Gasteiger partial charge < -0.3 is 0 Å². The average molecular weight is 246 g/mol. The van der Waals surface area contributed by atoms with Crippen molar-refractivity contribution in [2.75, 3.05) is 0 Å². The lowest BCUT2D eigenvalue weighted by molar-refractivity contribution is 0.368. The third-order valence-electron chi connectivity index (χ3n) is 5.13. The number of hydrogen-bond acceptors (Lipinski definition) is 0. The van der Waals surface area contributed by atoms with Crippen molar-refractivity contribution in [2.45, 2.75) is 71.6 Å². The maximum absolute atomic E-state index is 2.49. The first-order chi connectivity index (χ1) is 8.86. The van der Waals surface area contributed by atoms with Gasteiger partial charge in [-0.3, -0.25) is 0 Å². The predicted molar refractivity (Wildman–Crippen MR) is 80.6 cm³/mol. The van der Waals surface area contributed by atoms with Crippen LogP contribution >= 0.6 is 0 Å². The molecule has 0 heteroatoms. The molecular weight excluding hydrogens is 216 g/mol. The third-order valence-corrected chi connectivity index (χ3v) is 5.13. The highest BCUT2D eigenvalue weighted by Crippen LogP contribution is 2.46. The second-order valence-corrected chi connectivity index (χ2v) is 6.20. The first-order valence-corrected chi connectivity index (χ1v) is 8.23. The fourth-order valence-electron chi connectivity index (χ4n) is 4.01. The van der Waals surface area contributed by atoms with E-state index in [1.807, 2.05) is 0 Å². The normalized spacial score (nSPS) is 38.3. The summed E-state index contributed by atoms with van der Waals surface area (Å²) in [5.41, 5.74) is 1.79. The van der Waals surface area contributed by atoms with Crippen molar-refractivity contribution in [2.24, 2.45) is 17.8 Å². The van der Waals surface area contributed by atoms with Crippen LogP contribution in [0.3, 0.4) is 0 Å². The Morgan fingerprint density at radius 1 is 1.06 bits per heavy atom. The molecule has 0 nitrogen and oxygen atoms in total. The summed E-state index contributed by atoms with van der Waals surface area (Å²) in [7, 11) is 0. The lowest BCUT2D eigenvalue weighted by atomic mass is 9.86. The average Bonchev–Trinajstić information content (AvgIpc) is 2.71. The minimum absolute atomic E-state index is 0.880. The third kappa shape index (κ3) is 3.28. The summed E-state index contributed by atoms with van der Waals surface area (Å²) in [5, 5.41) is 0. The van der Waals surface area contributed by atoms with Crippen molar-refractivity contribution in [1.29, 1.82) is 0 Å². The molecule has 0 aromatic rings. The summed E-state index contributed by atoms with van der Waals surface area (Å²) in [6.07, 6.45) is 19.9. The molecule has 0 aliphatic heterocycles. The maximum atomic E-state index is 2.49. The largest absolute Gasteiger partial charge is 0.0845 e. The molecule has 0 heterocycles. The molecule has 1 saturated carbocycles. The van der Waals surface area contributed by atoms with E-state index in [2.05, 4.69) is 32.1 Å². The van der Waals surface area contributed by atoms with E-state index in [0.29, 0.717) is 0 Å². The first kappa shape index (κ1) is 13.9. The van der Waals surface area contributed by atoms with Gasteiger partial charge in [0.1, 0.15) is 0 Å². The van der Waals surface area contributed by atoms with Crippen molar-refractivity contribution in [3.05, 3.63) is 23.8 Å². The van der Waals surface area contributed by atoms with E-state index in [4.69, 9.17) is 0 Å².